The Morgan fingerprint density at radius 1 is 1.08 bits per heavy atom. The summed E-state index contributed by atoms with van der Waals surface area (Å²) in [5.41, 5.74) is -1.64. The van der Waals surface area contributed by atoms with Gasteiger partial charge < -0.3 is 9.47 Å². The number of halogens is 6. The maximum atomic E-state index is 13.6. The SMILES string of the molecule is CC(CC[C@H]1CN(S(=O)(=O)c2cccc(C(F)(F)F)c2)c2cc(CC(=O)OC(C)(C)C)ccc2O1)C(F)(F)F. The number of hydrogen-bond donors (Lipinski definition) is 0. The van der Waals surface area contributed by atoms with Gasteiger partial charge in [-0.25, -0.2) is 8.42 Å². The fourth-order valence-corrected chi connectivity index (χ4v) is 5.49. The van der Waals surface area contributed by atoms with Crippen molar-refractivity contribution in [3.8, 4) is 5.75 Å². The van der Waals surface area contributed by atoms with Gasteiger partial charge in [0.15, 0.2) is 0 Å². The number of fused-ring (bicyclic) bond motifs is 1. The van der Waals surface area contributed by atoms with Gasteiger partial charge in [-0.1, -0.05) is 19.1 Å². The molecule has 2 aromatic rings. The third kappa shape index (κ3) is 7.80. The van der Waals surface area contributed by atoms with Crippen LogP contribution in [0.5, 0.6) is 5.75 Å². The van der Waals surface area contributed by atoms with Gasteiger partial charge in [0.1, 0.15) is 17.5 Å². The van der Waals surface area contributed by atoms with Crippen molar-refractivity contribution in [1.82, 2.24) is 0 Å². The number of carbonyl (C=O) groups is 1. The van der Waals surface area contributed by atoms with Crippen molar-refractivity contribution in [2.45, 2.75) is 75.9 Å². The summed E-state index contributed by atoms with van der Waals surface area (Å²) in [6.07, 6.45) is -11.0. The minimum atomic E-state index is -4.80. The van der Waals surface area contributed by atoms with Gasteiger partial charge in [0.05, 0.1) is 35.0 Å². The monoisotopic (exact) mass is 581 g/mol. The van der Waals surface area contributed by atoms with Gasteiger partial charge in [0.2, 0.25) is 0 Å². The minimum Gasteiger partial charge on any atom is -0.486 e. The van der Waals surface area contributed by atoms with E-state index >= 15 is 0 Å². The average Bonchev–Trinajstić information content (AvgIpc) is 2.79. The zero-order chi connectivity index (χ0) is 29.4. The Bertz CT molecular complexity index is 1300. The molecular formula is C26H29F6NO5S. The largest absolute Gasteiger partial charge is 0.486 e. The smallest absolute Gasteiger partial charge is 0.416 e. The molecule has 2 atom stereocenters. The molecule has 1 unspecified atom stereocenters. The highest BCUT2D eigenvalue weighted by atomic mass is 32.2. The third-order valence-electron chi connectivity index (χ3n) is 5.95. The maximum Gasteiger partial charge on any atom is 0.416 e. The number of nitrogens with zero attached hydrogens (tertiary/aromatic N) is 1. The van der Waals surface area contributed by atoms with Gasteiger partial charge in [-0.3, -0.25) is 9.10 Å². The summed E-state index contributed by atoms with van der Waals surface area (Å²) in [7, 11) is -4.62. The lowest BCUT2D eigenvalue weighted by molar-refractivity contribution is -0.172. The molecule has 13 heteroatoms. The second-order valence-electron chi connectivity index (χ2n) is 10.4. The first-order valence-corrected chi connectivity index (χ1v) is 13.5. The van der Waals surface area contributed by atoms with Crippen LogP contribution in [0.1, 0.15) is 51.7 Å². The normalized spacial score (nSPS) is 17.3. The molecular weight excluding hydrogens is 552 g/mol. The molecule has 1 aliphatic rings. The molecule has 2 aromatic carbocycles. The van der Waals surface area contributed by atoms with Crippen LogP contribution < -0.4 is 9.04 Å². The predicted molar refractivity (Wildman–Crippen MR) is 131 cm³/mol. The summed E-state index contributed by atoms with van der Waals surface area (Å²) < 4.78 is 118. The van der Waals surface area contributed by atoms with Crippen molar-refractivity contribution in [1.29, 1.82) is 0 Å². The van der Waals surface area contributed by atoms with Crippen molar-refractivity contribution in [3.63, 3.8) is 0 Å². The van der Waals surface area contributed by atoms with E-state index in [1.165, 1.54) is 18.2 Å². The van der Waals surface area contributed by atoms with Gasteiger partial charge in [-0.15, -0.1) is 0 Å². The van der Waals surface area contributed by atoms with Gasteiger partial charge in [-0.05, 0) is 69.5 Å². The molecule has 1 heterocycles. The number of alkyl halides is 6. The zero-order valence-electron chi connectivity index (χ0n) is 21.7. The van der Waals surface area contributed by atoms with Crippen molar-refractivity contribution < 1.29 is 49.0 Å². The lowest BCUT2D eigenvalue weighted by atomic mass is 10.0. The van der Waals surface area contributed by atoms with Crippen LogP contribution in [0.2, 0.25) is 0 Å². The van der Waals surface area contributed by atoms with E-state index in [2.05, 4.69) is 0 Å². The van der Waals surface area contributed by atoms with Crippen LogP contribution in [-0.4, -0.2) is 38.8 Å². The van der Waals surface area contributed by atoms with E-state index in [1.807, 2.05) is 0 Å². The number of hydrogen-bond acceptors (Lipinski definition) is 5. The van der Waals surface area contributed by atoms with Crippen LogP contribution in [0.15, 0.2) is 47.4 Å². The fourth-order valence-electron chi connectivity index (χ4n) is 3.95. The maximum absolute atomic E-state index is 13.6. The predicted octanol–water partition coefficient (Wildman–Crippen LogP) is 6.52. The van der Waals surface area contributed by atoms with Gasteiger partial charge >= 0.3 is 18.3 Å². The topological polar surface area (TPSA) is 72.9 Å². The van der Waals surface area contributed by atoms with Crippen molar-refractivity contribution in [2.24, 2.45) is 5.92 Å². The molecule has 216 valence electrons. The van der Waals surface area contributed by atoms with Crippen molar-refractivity contribution in [2.75, 3.05) is 10.8 Å². The van der Waals surface area contributed by atoms with E-state index < -0.39 is 63.0 Å². The molecule has 0 amide bonds. The summed E-state index contributed by atoms with van der Waals surface area (Å²) >= 11 is 0. The molecule has 0 aliphatic carbocycles. The zero-order valence-corrected chi connectivity index (χ0v) is 22.5. The lowest BCUT2D eigenvalue weighted by Crippen LogP contribution is -2.44. The van der Waals surface area contributed by atoms with Crippen molar-refractivity contribution in [3.05, 3.63) is 53.6 Å². The highest BCUT2D eigenvalue weighted by Crippen LogP contribution is 2.40. The molecule has 6 nitrogen and oxygen atoms in total. The molecule has 0 spiro atoms. The minimum absolute atomic E-state index is 0.00871. The van der Waals surface area contributed by atoms with Crippen LogP contribution in [0.25, 0.3) is 0 Å². The van der Waals surface area contributed by atoms with Gasteiger partial charge in [-0.2, -0.15) is 26.3 Å². The molecule has 39 heavy (non-hydrogen) atoms. The molecule has 0 saturated carbocycles. The highest BCUT2D eigenvalue weighted by molar-refractivity contribution is 7.92. The van der Waals surface area contributed by atoms with Crippen molar-refractivity contribution >= 4 is 21.7 Å². The standard InChI is InChI=1S/C26H29F6NO5S/c1-16(25(27,28)29)8-10-19-15-33(39(35,36)20-7-5-6-18(14-20)26(30,31)32)21-12-17(9-11-22(21)37-19)13-23(34)38-24(2,3)4/h5-7,9,11-12,14,16,19H,8,10,13,15H2,1-4H3/t16?,19-/m0/s1. The lowest BCUT2D eigenvalue weighted by Gasteiger charge is -2.36. The summed E-state index contributed by atoms with van der Waals surface area (Å²) in [5, 5.41) is 0. The molecule has 3 rings (SSSR count). The van der Waals surface area contributed by atoms with Crippen LogP contribution in [0, 0.1) is 5.92 Å². The molecule has 0 bridgehead atoms. The first-order valence-electron chi connectivity index (χ1n) is 12.1. The number of benzene rings is 2. The Morgan fingerprint density at radius 2 is 1.74 bits per heavy atom. The molecule has 1 aliphatic heterocycles. The number of rotatable bonds is 7. The molecule has 0 radical (unpaired) electrons. The third-order valence-corrected chi connectivity index (χ3v) is 7.73. The number of ether oxygens (including phenoxy) is 2. The quantitative estimate of drug-likeness (QED) is 0.275. The Kier molecular flexibility index (Phi) is 8.54. The Morgan fingerprint density at radius 3 is 2.33 bits per heavy atom. The van der Waals surface area contributed by atoms with E-state index in [0.29, 0.717) is 11.6 Å². The summed E-state index contributed by atoms with van der Waals surface area (Å²) in [5.74, 6) is -2.26. The fraction of sp³-hybridized carbons (Fsp3) is 0.500. The average molecular weight is 582 g/mol. The Balaban J connectivity index is 2.01. The van der Waals surface area contributed by atoms with Crippen LogP contribution >= 0.6 is 0 Å². The summed E-state index contributed by atoms with van der Waals surface area (Å²) in [6.45, 7) is 5.58. The van der Waals surface area contributed by atoms with Crippen LogP contribution in [0.4, 0.5) is 32.0 Å². The summed E-state index contributed by atoms with van der Waals surface area (Å²) in [6, 6.07) is 7.40. The van der Waals surface area contributed by atoms with E-state index in [9.17, 15) is 39.6 Å². The number of sulfonamides is 1. The van der Waals surface area contributed by atoms with Gasteiger partial charge in [0.25, 0.3) is 10.0 Å². The van der Waals surface area contributed by atoms with E-state index in [1.54, 1.807) is 20.8 Å². The second-order valence-corrected chi connectivity index (χ2v) is 12.2. The first-order chi connectivity index (χ1) is 17.8. The van der Waals surface area contributed by atoms with Crippen LogP contribution in [-0.2, 0) is 32.2 Å². The Labute approximate surface area is 222 Å². The molecule has 0 saturated heterocycles. The summed E-state index contributed by atoms with van der Waals surface area (Å²) in [4.78, 5) is 11.7. The van der Waals surface area contributed by atoms with E-state index in [4.69, 9.17) is 9.47 Å². The number of carbonyl (C=O) groups excluding carboxylic acids is 1. The first kappa shape index (κ1) is 30.6. The van der Waals surface area contributed by atoms with E-state index in [-0.39, 0.29) is 30.7 Å². The molecule has 0 aromatic heterocycles. The van der Waals surface area contributed by atoms with Crippen LogP contribution in [0.3, 0.4) is 0 Å². The molecule has 0 N–H and O–H groups in total. The Hall–Kier alpha value is -2.96. The number of esters is 1. The number of anilines is 1. The molecule has 0 fully saturated rings. The van der Waals surface area contributed by atoms with E-state index in [0.717, 1.165) is 29.4 Å². The highest BCUT2D eigenvalue weighted by Gasteiger charge is 2.39. The van der Waals surface area contributed by atoms with Gasteiger partial charge in [0, 0.05) is 0 Å². The second kappa shape index (κ2) is 10.9.